The molecule has 1 atom stereocenters. The fourth-order valence-electron chi connectivity index (χ4n) is 1.44. The summed E-state index contributed by atoms with van der Waals surface area (Å²) in [6, 6.07) is 4.91. The molecule has 16 heavy (non-hydrogen) atoms. The molecule has 0 spiro atoms. The van der Waals surface area contributed by atoms with Gasteiger partial charge in [0, 0.05) is 11.8 Å². The molecule has 1 aromatic heterocycles. The molecule has 0 aliphatic heterocycles. The SMILES string of the molecule is CCCNC(CSc1cccs1)C(C)(C)C. The molecule has 3 heteroatoms. The summed E-state index contributed by atoms with van der Waals surface area (Å²) >= 11 is 3.80. The van der Waals surface area contributed by atoms with Crippen LogP contribution in [0.4, 0.5) is 0 Å². The Kier molecular flexibility index (Phi) is 5.87. The van der Waals surface area contributed by atoms with Crippen LogP contribution in [0.3, 0.4) is 0 Å². The molecule has 0 aliphatic rings. The third-order valence-electron chi connectivity index (χ3n) is 2.57. The van der Waals surface area contributed by atoms with E-state index in [0.29, 0.717) is 11.5 Å². The maximum absolute atomic E-state index is 3.66. The quantitative estimate of drug-likeness (QED) is 0.764. The Labute approximate surface area is 108 Å². The first-order valence-electron chi connectivity index (χ1n) is 5.93. The van der Waals surface area contributed by atoms with E-state index in [0.717, 1.165) is 12.3 Å². The fourth-order valence-corrected chi connectivity index (χ4v) is 3.66. The van der Waals surface area contributed by atoms with Gasteiger partial charge in [-0.25, -0.2) is 0 Å². The van der Waals surface area contributed by atoms with Crippen LogP contribution in [0.5, 0.6) is 0 Å². The van der Waals surface area contributed by atoms with E-state index in [2.05, 4.69) is 50.5 Å². The molecule has 0 fully saturated rings. The lowest BCUT2D eigenvalue weighted by Gasteiger charge is -2.31. The third-order valence-corrected chi connectivity index (χ3v) is 4.80. The van der Waals surface area contributed by atoms with Gasteiger partial charge >= 0.3 is 0 Å². The molecule has 0 bridgehead atoms. The lowest BCUT2D eigenvalue weighted by atomic mass is 9.88. The van der Waals surface area contributed by atoms with Crippen LogP contribution >= 0.6 is 23.1 Å². The third kappa shape index (κ3) is 4.89. The number of hydrogen-bond donors (Lipinski definition) is 1. The molecular weight excluding hydrogens is 234 g/mol. The second-order valence-electron chi connectivity index (χ2n) is 5.12. The molecule has 0 saturated heterocycles. The minimum Gasteiger partial charge on any atom is -0.313 e. The van der Waals surface area contributed by atoms with Crippen molar-refractivity contribution in [1.29, 1.82) is 0 Å². The van der Waals surface area contributed by atoms with Gasteiger partial charge in [0.05, 0.1) is 4.21 Å². The number of thioether (sulfide) groups is 1. The zero-order valence-corrected chi connectivity index (χ0v) is 12.4. The molecule has 0 radical (unpaired) electrons. The molecule has 1 aromatic rings. The van der Waals surface area contributed by atoms with Gasteiger partial charge in [0.1, 0.15) is 0 Å². The van der Waals surface area contributed by atoms with Gasteiger partial charge in [0.2, 0.25) is 0 Å². The minimum atomic E-state index is 0.333. The van der Waals surface area contributed by atoms with Crippen LogP contribution in [0.2, 0.25) is 0 Å². The molecular formula is C13H23NS2. The smallest absolute Gasteiger partial charge is 0.0599 e. The standard InChI is InChI=1S/C13H23NS2/c1-5-8-14-11(13(2,3)4)10-16-12-7-6-9-15-12/h6-7,9,11,14H,5,8,10H2,1-4H3. The lowest BCUT2D eigenvalue weighted by Crippen LogP contribution is -2.42. The summed E-state index contributed by atoms with van der Waals surface area (Å²) in [5, 5.41) is 5.80. The predicted octanol–water partition coefficient (Wildman–Crippen LogP) is 4.25. The maximum Gasteiger partial charge on any atom is 0.0599 e. The zero-order chi connectivity index (χ0) is 12.0. The van der Waals surface area contributed by atoms with Crippen molar-refractivity contribution in [2.24, 2.45) is 5.41 Å². The highest BCUT2D eigenvalue weighted by Gasteiger charge is 2.23. The summed E-state index contributed by atoms with van der Waals surface area (Å²) in [5.74, 6) is 1.16. The Hall–Kier alpha value is 0.01000. The van der Waals surface area contributed by atoms with Crippen molar-refractivity contribution in [3.05, 3.63) is 17.5 Å². The van der Waals surface area contributed by atoms with Crippen molar-refractivity contribution in [3.63, 3.8) is 0 Å². The van der Waals surface area contributed by atoms with Crippen molar-refractivity contribution in [3.8, 4) is 0 Å². The molecule has 1 N–H and O–H groups in total. The highest BCUT2D eigenvalue weighted by molar-refractivity contribution is 8.01. The highest BCUT2D eigenvalue weighted by Crippen LogP contribution is 2.29. The second-order valence-corrected chi connectivity index (χ2v) is 7.38. The van der Waals surface area contributed by atoms with Crippen molar-refractivity contribution < 1.29 is 0 Å². The van der Waals surface area contributed by atoms with Crippen LogP contribution < -0.4 is 5.32 Å². The summed E-state index contributed by atoms with van der Waals surface area (Å²) in [5.41, 5.74) is 0.333. The van der Waals surface area contributed by atoms with Gasteiger partial charge in [0.25, 0.3) is 0 Å². The molecule has 0 aromatic carbocycles. The summed E-state index contributed by atoms with van der Waals surface area (Å²) in [6.45, 7) is 10.3. The number of thiophene rings is 1. The summed E-state index contributed by atoms with van der Waals surface area (Å²) in [7, 11) is 0. The van der Waals surface area contributed by atoms with Crippen molar-refractivity contribution in [2.45, 2.75) is 44.4 Å². The molecule has 1 rings (SSSR count). The maximum atomic E-state index is 3.66. The van der Waals surface area contributed by atoms with Gasteiger partial charge in [0.15, 0.2) is 0 Å². The normalized spacial score (nSPS) is 14.0. The van der Waals surface area contributed by atoms with Crippen LogP contribution in [0.15, 0.2) is 21.7 Å². The first-order chi connectivity index (χ1) is 7.54. The average Bonchev–Trinajstić information content (AvgIpc) is 2.68. The van der Waals surface area contributed by atoms with Gasteiger partial charge in [-0.15, -0.1) is 23.1 Å². The minimum absolute atomic E-state index is 0.333. The van der Waals surface area contributed by atoms with E-state index in [9.17, 15) is 0 Å². The van der Waals surface area contributed by atoms with Crippen LogP contribution in [0.25, 0.3) is 0 Å². The second kappa shape index (κ2) is 6.67. The Bertz CT molecular complexity index is 275. The van der Waals surface area contributed by atoms with E-state index < -0.39 is 0 Å². The highest BCUT2D eigenvalue weighted by atomic mass is 32.2. The topological polar surface area (TPSA) is 12.0 Å². The van der Waals surface area contributed by atoms with Gasteiger partial charge in [-0.05, 0) is 29.8 Å². The molecule has 1 nitrogen and oxygen atoms in total. The van der Waals surface area contributed by atoms with Crippen molar-refractivity contribution >= 4 is 23.1 Å². The van der Waals surface area contributed by atoms with Crippen LogP contribution in [0.1, 0.15) is 34.1 Å². The Morgan fingerprint density at radius 2 is 2.19 bits per heavy atom. The predicted molar refractivity (Wildman–Crippen MR) is 76.6 cm³/mol. The van der Waals surface area contributed by atoms with Crippen molar-refractivity contribution in [2.75, 3.05) is 12.3 Å². The average molecular weight is 257 g/mol. The van der Waals surface area contributed by atoms with E-state index in [4.69, 9.17) is 0 Å². The largest absolute Gasteiger partial charge is 0.313 e. The Morgan fingerprint density at radius 1 is 1.44 bits per heavy atom. The van der Waals surface area contributed by atoms with Crippen LogP contribution in [-0.4, -0.2) is 18.3 Å². The first-order valence-corrected chi connectivity index (χ1v) is 7.80. The Balaban J connectivity index is 2.44. The van der Waals surface area contributed by atoms with E-state index in [1.54, 1.807) is 0 Å². The monoisotopic (exact) mass is 257 g/mol. The number of rotatable bonds is 6. The van der Waals surface area contributed by atoms with Gasteiger partial charge in [-0.1, -0.05) is 33.8 Å². The van der Waals surface area contributed by atoms with Crippen molar-refractivity contribution in [1.82, 2.24) is 5.32 Å². The molecule has 92 valence electrons. The van der Waals surface area contributed by atoms with Gasteiger partial charge < -0.3 is 5.32 Å². The summed E-state index contributed by atoms with van der Waals surface area (Å²) in [4.78, 5) is 0. The fraction of sp³-hybridized carbons (Fsp3) is 0.692. The summed E-state index contributed by atoms with van der Waals surface area (Å²) < 4.78 is 1.42. The molecule has 1 unspecified atom stereocenters. The lowest BCUT2D eigenvalue weighted by molar-refractivity contribution is 0.292. The number of hydrogen-bond acceptors (Lipinski definition) is 3. The number of nitrogens with one attached hydrogen (secondary N) is 1. The van der Waals surface area contributed by atoms with Gasteiger partial charge in [-0.2, -0.15) is 0 Å². The Morgan fingerprint density at radius 3 is 2.69 bits per heavy atom. The van der Waals surface area contributed by atoms with Crippen LogP contribution in [0, 0.1) is 5.41 Å². The summed E-state index contributed by atoms with van der Waals surface area (Å²) in [6.07, 6.45) is 1.20. The molecule has 1 heterocycles. The molecule has 0 amide bonds. The first kappa shape index (κ1) is 14.1. The molecule has 0 saturated carbocycles. The van der Waals surface area contributed by atoms with E-state index in [1.165, 1.54) is 10.6 Å². The van der Waals surface area contributed by atoms with E-state index in [1.807, 2.05) is 23.1 Å². The zero-order valence-electron chi connectivity index (χ0n) is 10.7. The van der Waals surface area contributed by atoms with E-state index >= 15 is 0 Å². The van der Waals surface area contributed by atoms with Crippen LogP contribution in [-0.2, 0) is 0 Å². The molecule has 0 aliphatic carbocycles. The van der Waals surface area contributed by atoms with Gasteiger partial charge in [-0.3, -0.25) is 0 Å². The van der Waals surface area contributed by atoms with E-state index in [-0.39, 0.29) is 0 Å².